The summed E-state index contributed by atoms with van der Waals surface area (Å²) in [5, 5.41) is 11.8. The minimum Gasteiger partial charge on any atom is -0.492 e. The van der Waals surface area contributed by atoms with Crippen molar-refractivity contribution in [3.63, 3.8) is 0 Å². The number of hydrogen-bond donors (Lipinski definition) is 2. The molecule has 1 unspecified atom stereocenters. The van der Waals surface area contributed by atoms with Crippen molar-refractivity contribution in [3.05, 3.63) is 29.8 Å². The molecule has 1 rings (SSSR count). The van der Waals surface area contributed by atoms with E-state index in [9.17, 15) is 31.5 Å². The van der Waals surface area contributed by atoms with Crippen molar-refractivity contribution in [2.75, 3.05) is 26.3 Å². The minimum absolute atomic E-state index is 0.0111. The Morgan fingerprint density at radius 2 is 1.69 bits per heavy atom. The lowest BCUT2D eigenvalue weighted by atomic mass is 10.1. The van der Waals surface area contributed by atoms with Crippen LogP contribution in [0.3, 0.4) is 0 Å². The van der Waals surface area contributed by atoms with Crippen LogP contribution < -0.4 is 10.1 Å². The molecule has 12 heteroatoms. The highest BCUT2D eigenvalue weighted by atomic mass is 19.4. The summed E-state index contributed by atoms with van der Waals surface area (Å²) in [5.41, 5.74) is 0.729. The SMILES string of the molecule is CCOC(Cc1ccc(OCCN(CCCCC(F)(F)C(F)(F)F)C(=O)NC(C)C)cc1)C(=O)O. The number of rotatable bonds is 15. The zero-order valence-electron chi connectivity index (χ0n) is 20.0. The molecule has 1 aromatic rings. The lowest BCUT2D eigenvalue weighted by Crippen LogP contribution is -2.45. The van der Waals surface area contributed by atoms with E-state index in [4.69, 9.17) is 14.6 Å². The van der Waals surface area contributed by atoms with Crippen LogP contribution in [0.1, 0.15) is 45.6 Å². The zero-order valence-corrected chi connectivity index (χ0v) is 20.0. The van der Waals surface area contributed by atoms with Crippen LogP contribution in [0.15, 0.2) is 24.3 Å². The molecule has 35 heavy (non-hydrogen) atoms. The maximum atomic E-state index is 13.1. The lowest BCUT2D eigenvalue weighted by Gasteiger charge is -2.25. The first-order valence-corrected chi connectivity index (χ1v) is 11.3. The third-order valence-electron chi connectivity index (χ3n) is 4.90. The Morgan fingerprint density at radius 1 is 1.06 bits per heavy atom. The van der Waals surface area contributed by atoms with Gasteiger partial charge in [0.25, 0.3) is 0 Å². The van der Waals surface area contributed by atoms with Gasteiger partial charge in [-0.1, -0.05) is 12.1 Å². The number of urea groups is 1. The van der Waals surface area contributed by atoms with Crippen LogP contribution >= 0.6 is 0 Å². The molecule has 0 saturated carbocycles. The van der Waals surface area contributed by atoms with E-state index in [1.807, 2.05) is 0 Å². The van der Waals surface area contributed by atoms with Crippen molar-refractivity contribution in [2.24, 2.45) is 0 Å². The Balaban J connectivity index is 2.61. The van der Waals surface area contributed by atoms with Crippen molar-refractivity contribution >= 4 is 12.0 Å². The van der Waals surface area contributed by atoms with Gasteiger partial charge in [-0.2, -0.15) is 22.0 Å². The van der Waals surface area contributed by atoms with Crippen molar-refractivity contribution in [3.8, 4) is 5.75 Å². The van der Waals surface area contributed by atoms with E-state index in [1.165, 1.54) is 4.90 Å². The summed E-state index contributed by atoms with van der Waals surface area (Å²) in [5.74, 6) is -5.36. The van der Waals surface area contributed by atoms with Crippen LogP contribution in [-0.2, 0) is 16.0 Å². The van der Waals surface area contributed by atoms with Gasteiger partial charge in [-0.3, -0.25) is 0 Å². The number of ether oxygens (including phenoxy) is 2. The predicted octanol–water partition coefficient (Wildman–Crippen LogP) is 4.89. The molecule has 1 aromatic carbocycles. The second-order valence-corrected chi connectivity index (χ2v) is 8.23. The number of halogens is 5. The number of carbonyl (C=O) groups is 2. The lowest BCUT2D eigenvalue weighted by molar-refractivity contribution is -0.284. The van der Waals surface area contributed by atoms with Crippen molar-refractivity contribution < 1.29 is 46.1 Å². The second kappa shape index (κ2) is 14.1. The fourth-order valence-corrected chi connectivity index (χ4v) is 3.07. The summed E-state index contributed by atoms with van der Waals surface area (Å²) in [6.45, 7) is 5.57. The highest BCUT2D eigenvalue weighted by Gasteiger charge is 2.56. The first-order valence-electron chi connectivity index (χ1n) is 11.3. The van der Waals surface area contributed by atoms with Crippen molar-refractivity contribution in [2.45, 2.75) is 70.7 Å². The summed E-state index contributed by atoms with van der Waals surface area (Å²) in [6.07, 6.45) is -8.15. The molecule has 2 amide bonds. The maximum absolute atomic E-state index is 13.1. The fraction of sp³-hybridized carbons (Fsp3) is 0.652. The molecular weight excluding hydrogens is 479 g/mol. The quantitative estimate of drug-likeness (QED) is 0.258. The average Bonchev–Trinajstić information content (AvgIpc) is 2.74. The Kier molecular flexibility index (Phi) is 12.2. The van der Waals surface area contributed by atoms with E-state index in [1.54, 1.807) is 45.0 Å². The number of amides is 2. The molecule has 0 aromatic heterocycles. The summed E-state index contributed by atoms with van der Waals surface area (Å²) in [7, 11) is 0. The Hall–Kier alpha value is -2.63. The number of nitrogens with zero attached hydrogens (tertiary/aromatic N) is 1. The van der Waals surface area contributed by atoms with E-state index in [-0.39, 0.29) is 45.2 Å². The molecule has 0 saturated heterocycles. The van der Waals surface area contributed by atoms with Gasteiger partial charge in [0.1, 0.15) is 12.4 Å². The topological polar surface area (TPSA) is 88.1 Å². The third-order valence-corrected chi connectivity index (χ3v) is 4.90. The normalized spacial score (nSPS) is 12.9. The number of unbranched alkanes of at least 4 members (excludes halogenated alkanes) is 1. The monoisotopic (exact) mass is 512 g/mol. The highest BCUT2D eigenvalue weighted by molar-refractivity contribution is 5.74. The summed E-state index contributed by atoms with van der Waals surface area (Å²) < 4.78 is 73.9. The number of aliphatic carboxylic acids is 1. The molecule has 0 aliphatic carbocycles. The standard InChI is InChI=1S/C23H33F5N2O5/c1-4-34-19(20(31)32)15-17-7-9-18(10-8-17)35-14-13-30(21(33)29-16(2)3)12-6-5-11-22(24,25)23(26,27)28/h7-10,16,19H,4-6,11-15H2,1-3H3,(H,29,33)(H,31,32). The molecular formula is C23H33F5N2O5. The van der Waals surface area contributed by atoms with Gasteiger partial charge in [0.15, 0.2) is 6.10 Å². The summed E-state index contributed by atoms with van der Waals surface area (Å²) in [4.78, 5) is 24.9. The van der Waals surface area contributed by atoms with Gasteiger partial charge in [0.2, 0.25) is 0 Å². The van der Waals surface area contributed by atoms with Gasteiger partial charge in [-0.15, -0.1) is 0 Å². The largest absolute Gasteiger partial charge is 0.492 e. The van der Waals surface area contributed by atoms with Gasteiger partial charge in [-0.05, 0) is 51.3 Å². The van der Waals surface area contributed by atoms with E-state index < -0.39 is 43.0 Å². The van der Waals surface area contributed by atoms with Crippen LogP contribution in [0.5, 0.6) is 5.75 Å². The number of nitrogens with one attached hydrogen (secondary N) is 1. The molecule has 0 spiro atoms. The van der Waals surface area contributed by atoms with Gasteiger partial charge < -0.3 is 24.8 Å². The third kappa shape index (κ3) is 11.1. The average molecular weight is 513 g/mol. The van der Waals surface area contributed by atoms with E-state index in [2.05, 4.69) is 5.32 Å². The molecule has 0 fully saturated rings. The van der Waals surface area contributed by atoms with Crippen LogP contribution in [0, 0.1) is 0 Å². The van der Waals surface area contributed by atoms with Crippen LogP contribution in [0.4, 0.5) is 26.7 Å². The Morgan fingerprint density at radius 3 is 2.20 bits per heavy atom. The zero-order chi connectivity index (χ0) is 26.6. The molecule has 0 aliphatic heterocycles. The molecule has 1 atom stereocenters. The first kappa shape index (κ1) is 30.4. The van der Waals surface area contributed by atoms with E-state index in [0.717, 1.165) is 5.56 Å². The molecule has 200 valence electrons. The predicted molar refractivity (Wildman–Crippen MR) is 119 cm³/mol. The number of hydrogen-bond acceptors (Lipinski definition) is 4. The van der Waals surface area contributed by atoms with Gasteiger partial charge in [0.05, 0.1) is 6.54 Å². The first-order chi connectivity index (χ1) is 16.3. The van der Waals surface area contributed by atoms with Gasteiger partial charge >= 0.3 is 24.1 Å². The Labute approximate surface area is 201 Å². The van der Waals surface area contributed by atoms with Gasteiger partial charge in [0, 0.05) is 32.0 Å². The summed E-state index contributed by atoms with van der Waals surface area (Å²) in [6, 6.07) is 5.98. The fourth-order valence-electron chi connectivity index (χ4n) is 3.07. The molecule has 0 radical (unpaired) electrons. The van der Waals surface area contributed by atoms with Crippen LogP contribution in [0.25, 0.3) is 0 Å². The smallest absolute Gasteiger partial charge is 0.453 e. The van der Waals surface area contributed by atoms with E-state index in [0.29, 0.717) is 5.75 Å². The molecule has 0 aliphatic rings. The highest BCUT2D eigenvalue weighted by Crippen LogP contribution is 2.39. The molecule has 2 N–H and O–H groups in total. The van der Waals surface area contributed by atoms with Crippen LogP contribution in [-0.4, -0.2) is 72.6 Å². The molecule has 7 nitrogen and oxygen atoms in total. The molecule has 0 bridgehead atoms. The van der Waals surface area contributed by atoms with Crippen LogP contribution in [0.2, 0.25) is 0 Å². The number of carbonyl (C=O) groups excluding carboxylic acids is 1. The van der Waals surface area contributed by atoms with E-state index >= 15 is 0 Å². The number of carboxylic acids is 1. The number of carboxylic acid groups (broad SMARTS) is 1. The summed E-state index contributed by atoms with van der Waals surface area (Å²) >= 11 is 0. The van der Waals surface area contributed by atoms with Crippen molar-refractivity contribution in [1.82, 2.24) is 10.2 Å². The number of alkyl halides is 5. The van der Waals surface area contributed by atoms with Gasteiger partial charge in [-0.25, -0.2) is 9.59 Å². The van der Waals surface area contributed by atoms with Crippen molar-refractivity contribution in [1.29, 1.82) is 0 Å². The maximum Gasteiger partial charge on any atom is 0.453 e. The Bertz CT molecular complexity index is 788. The minimum atomic E-state index is -5.59. The number of benzene rings is 1. The molecule has 0 heterocycles. The second-order valence-electron chi connectivity index (χ2n) is 8.23.